The van der Waals surface area contributed by atoms with Crippen molar-refractivity contribution < 1.29 is 18.0 Å². The molecule has 27 heavy (non-hydrogen) atoms. The summed E-state index contributed by atoms with van der Waals surface area (Å²) in [6, 6.07) is 4.85. The molecule has 3 aliphatic rings. The van der Waals surface area contributed by atoms with Crippen molar-refractivity contribution in [2.75, 3.05) is 24.6 Å². The summed E-state index contributed by atoms with van der Waals surface area (Å²) in [5.74, 6) is -0.109. The number of fused-ring (bicyclic) bond motifs is 1. The Bertz CT molecular complexity index is 871. The minimum Gasteiger partial charge on any atom is -0.335 e. The number of rotatable bonds is 2. The van der Waals surface area contributed by atoms with Crippen molar-refractivity contribution in [3.63, 3.8) is 0 Å². The maximum Gasteiger partial charge on any atom is 0.254 e. The lowest BCUT2D eigenvalue weighted by molar-refractivity contribution is -0.143. The zero-order valence-corrected chi connectivity index (χ0v) is 16.7. The first-order valence-corrected chi connectivity index (χ1v) is 11.5. The summed E-state index contributed by atoms with van der Waals surface area (Å²) in [6.07, 6.45) is 2.85. The van der Waals surface area contributed by atoms with Gasteiger partial charge in [0.1, 0.15) is 0 Å². The summed E-state index contributed by atoms with van der Waals surface area (Å²) in [4.78, 5) is 29.4. The number of amides is 2. The molecule has 0 N–H and O–H groups in total. The van der Waals surface area contributed by atoms with E-state index in [9.17, 15) is 18.0 Å². The lowest BCUT2D eigenvalue weighted by atomic mass is 9.83. The van der Waals surface area contributed by atoms with Gasteiger partial charge in [-0.15, -0.1) is 0 Å². The molecular formula is C20H26N2O4S. The van der Waals surface area contributed by atoms with Crippen LogP contribution < -0.4 is 0 Å². The molecular weight excluding hydrogens is 364 g/mol. The average molecular weight is 391 g/mol. The third-order valence-corrected chi connectivity index (χ3v) is 7.84. The largest absolute Gasteiger partial charge is 0.335 e. The molecule has 2 aliphatic heterocycles. The molecule has 6 nitrogen and oxygen atoms in total. The normalized spacial score (nSPS) is 27.2. The number of hydrogen-bond acceptors (Lipinski definition) is 4. The number of sulfone groups is 1. The topological polar surface area (TPSA) is 74.8 Å². The van der Waals surface area contributed by atoms with E-state index in [0.717, 1.165) is 30.4 Å². The summed E-state index contributed by atoms with van der Waals surface area (Å²) >= 11 is 0. The van der Waals surface area contributed by atoms with Gasteiger partial charge in [0.25, 0.3) is 5.91 Å². The van der Waals surface area contributed by atoms with Crippen LogP contribution in [0.1, 0.15) is 40.7 Å². The Balaban J connectivity index is 1.62. The van der Waals surface area contributed by atoms with Crippen molar-refractivity contribution in [1.82, 2.24) is 9.80 Å². The van der Waals surface area contributed by atoms with Gasteiger partial charge in [-0.2, -0.15) is 0 Å². The van der Waals surface area contributed by atoms with E-state index in [2.05, 4.69) is 0 Å². The molecule has 2 saturated heterocycles. The van der Waals surface area contributed by atoms with Crippen molar-refractivity contribution >= 4 is 21.7 Å². The Morgan fingerprint density at radius 2 is 1.48 bits per heavy atom. The molecule has 7 heteroatoms. The van der Waals surface area contributed by atoms with Crippen LogP contribution in [-0.4, -0.2) is 66.7 Å². The van der Waals surface area contributed by atoms with E-state index < -0.39 is 21.9 Å². The van der Waals surface area contributed by atoms with Crippen LogP contribution in [0.2, 0.25) is 0 Å². The standard InChI is InChI=1S/C20H26N2O4S/c1-13-8-14(2)10-16(9-13)20(24)22-7-6-21(19(23)15-4-3-5-15)17-11-27(25,26)12-18(17)22/h8-10,15,17-18H,3-7,11-12H2,1-2H3/t17-,18+/m1/s1. The Labute approximate surface area is 160 Å². The average Bonchev–Trinajstić information content (AvgIpc) is 2.85. The number of piperazine rings is 1. The summed E-state index contributed by atoms with van der Waals surface area (Å²) < 4.78 is 24.7. The van der Waals surface area contributed by atoms with Crippen LogP contribution >= 0.6 is 0 Å². The van der Waals surface area contributed by atoms with Gasteiger partial charge in [-0.25, -0.2) is 8.42 Å². The van der Waals surface area contributed by atoms with Crippen LogP contribution in [0.5, 0.6) is 0 Å². The number of benzene rings is 1. The Morgan fingerprint density at radius 3 is 2.04 bits per heavy atom. The number of hydrogen-bond donors (Lipinski definition) is 0. The highest BCUT2D eigenvalue weighted by atomic mass is 32.2. The van der Waals surface area contributed by atoms with Gasteiger partial charge < -0.3 is 9.80 Å². The van der Waals surface area contributed by atoms with Crippen LogP contribution in [-0.2, 0) is 14.6 Å². The molecule has 0 spiro atoms. The monoisotopic (exact) mass is 390 g/mol. The molecule has 2 amide bonds. The zero-order chi connectivity index (χ0) is 19.3. The molecule has 0 unspecified atom stereocenters. The van der Waals surface area contributed by atoms with E-state index in [1.165, 1.54) is 0 Å². The molecule has 1 saturated carbocycles. The highest BCUT2D eigenvalue weighted by Gasteiger charge is 2.50. The lowest BCUT2D eigenvalue weighted by Gasteiger charge is -2.45. The minimum atomic E-state index is -3.26. The van der Waals surface area contributed by atoms with Gasteiger partial charge in [0, 0.05) is 24.6 Å². The fraction of sp³-hybridized carbons (Fsp3) is 0.600. The van der Waals surface area contributed by atoms with Gasteiger partial charge in [-0.1, -0.05) is 23.6 Å². The third kappa shape index (κ3) is 3.37. The van der Waals surface area contributed by atoms with Gasteiger partial charge in [0.2, 0.25) is 5.91 Å². The van der Waals surface area contributed by atoms with Crippen LogP contribution in [0.3, 0.4) is 0 Å². The summed E-state index contributed by atoms with van der Waals surface area (Å²) in [7, 11) is -3.26. The molecule has 3 fully saturated rings. The Hall–Kier alpha value is -1.89. The van der Waals surface area contributed by atoms with E-state index in [-0.39, 0.29) is 29.2 Å². The summed E-state index contributed by atoms with van der Waals surface area (Å²) in [5, 5.41) is 0. The molecule has 1 aromatic carbocycles. The summed E-state index contributed by atoms with van der Waals surface area (Å²) in [6.45, 7) is 4.70. The Morgan fingerprint density at radius 1 is 0.926 bits per heavy atom. The maximum absolute atomic E-state index is 13.2. The second-order valence-electron chi connectivity index (χ2n) is 8.25. The van der Waals surface area contributed by atoms with Gasteiger partial charge in [-0.05, 0) is 38.8 Å². The van der Waals surface area contributed by atoms with Gasteiger partial charge in [0.05, 0.1) is 23.6 Å². The van der Waals surface area contributed by atoms with Crippen molar-refractivity contribution in [2.45, 2.75) is 45.2 Å². The first kappa shape index (κ1) is 18.5. The first-order chi connectivity index (χ1) is 12.7. The molecule has 2 atom stereocenters. The molecule has 1 aliphatic carbocycles. The van der Waals surface area contributed by atoms with E-state index in [1.807, 2.05) is 32.0 Å². The second-order valence-corrected chi connectivity index (χ2v) is 10.4. The first-order valence-electron chi connectivity index (χ1n) is 9.65. The fourth-order valence-corrected chi connectivity index (χ4v) is 6.61. The third-order valence-electron chi connectivity index (χ3n) is 6.14. The zero-order valence-electron chi connectivity index (χ0n) is 15.8. The number of aryl methyl sites for hydroxylation is 2. The number of carbonyl (C=O) groups excluding carboxylic acids is 2. The fourth-order valence-electron chi connectivity index (χ4n) is 4.63. The molecule has 1 aromatic rings. The van der Waals surface area contributed by atoms with Crippen molar-refractivity contribution in [2.24, 2.45) is 5.92 Å². The SMILES string of the molecule is Cc1cc(C)cc(C(=O)N2CCN(C(=O)C3CCC3)[C@@H]3CS(=O)(=O)C[C@@H]32)c1. The highest BCUT2D eigenvalue weighted by Crippen LogP contribution is 2.34. The van der Waals surface area contributed by atoms with E-state index >= 15 is 0 Å². The van der Waals surface area contributed by atoms with Crippen LogP contribution in [0.15, 0.2) is 18.2 Å². The smallest absolute Gasteiger partial charge is 0.254 e. The molecule has 0 radical (unpaired) electrons. The van der Waals surface area contributed by atoms with Gasteiger partial charge in [0.15, 0.2) is 9.84 Å². The second kappa shape index (κ2) is 6.62. The lowest BCUT2D eigenvalue weighted by Crippen LogP contribution is -2.63. The Kier molecular flexibility index (Phi) is 4.53. The molecule has 0 aromatic heterocycles. The highest BCUT2D eigenvalue weighted by molar-refractivity contribution is 7.91. The summed E-state index contributed by atoms with van der Waals surface area (Å²) in [5.41, 5.74) is 2.61. The van der Waals surface area contributed by atoms with E-state index in [4.69, 9.17) is 0 Å². The van der Waals surface area contributed by atoms with Crippen LogP contribution in [0.25, 0.3) is 0 Å². The molecule has 0 bridgehead atoms. The van der Waals surface area contributed by atoms with Crippen molar-refractivity contribution in [3.8, 4) is 0 Å². The van der Waals surface area contributed by atoms with Crippen molar-refractivity contribution in [1.29, 1.82) is 0 Å². The molecule has 4 rings (SSSR count). The van der Waals surface area contributed by atoms with E-state index in [1.54, 1.807) is 9.80 Å². The molecule has 2 heterocycles. The number of nitrogens with zero attached hydrogens (tertiary/aromatic N) is 2. The van der Waals surface area contributed by atoms with Crippen LogP contribution in [0, 0.1) is 19.8 Å². The molecule has 146 valence electrons. The maximum atomic E-state index is 13.2. The van der Waals surface area contributed by atoms with E-state index in [0.29, 0.717) is 18.7 Å². The quantitative estimate of drug-likeness (QED) is 0.768. The van der Waals surface area contributed by atoms with Gasteiger partial charge >= 0.3 is 0 Å². The predicted molar refractivity (Wildman–Crippen MR) is 102 cm³/mol. The minimum absolute atomic E-state index is 0.0350. The predicted octanol–water partition coefficient (Wildman–Crippen LogP) is 1.55. The van der Waals surface area contributed by atoms with Crippen LogP contribution in [0.4, 0.5) is 0 Å². The van der Waals surface area contributed by atoms with Crippen molar-refractivity contribution in [3.05, 3.63) is 34.9 Å². The number of carbonyl (C=O) groups is 2. The van der Waals surface area contributed by atoms with Gasteiger partial charge in [-0.3, -0.25) is 9.59 Å².